The van der Waals surface area contributed by atoms with Gasteiger partial charge in [0.05, 0.1) is 12.2 Å². The van der Waals surface area contributed by atoms with E-state index in [1.165, 1.54) is 0 Å². The SMILES string of the molecule is COCC(C)Sc1cccc(C(=O)O)c1. The van der Waals surface area contributed by atoms with E-state index in [2.05, 4.69) is 0 Å². The van der Waals surface area contributed by atoms with Crippen molar-refractivity contribution in [2.75, 3.05) is 13.7 Å². The maximum absolute atomic E-state index is 10.7. The highest BCUT2D eigenvalue weighted by Gasteiger charge is 2.07. The van der Waals surface area contributed by atoms with Gasteiger partial charge in [0.2, 0.25) is 0 Å². The van der Waals surface area contributed by atoms with Gasteiger partial charge in [0, 0.05) is 17.3 Å². The van der Waals surface area contributed by atoms with Gasteiger partial charge in [-0.1, -0.05) is 13.0 Å². The molecule has 1 unspecified atom stereocenters. The van der Waals surface area contributed by atoms with Crippen molar-refractivity contribution in [1.29, 1.82) is 0 Å². The predicted octanol–water partition coefficient (Wildman–Crippen LogP) is 2.51. The average Bonchev–Trinajstić information content (AvgIpc) is 2.18. The van der Waals surface area contributed by atoms with Gasteiger partial charge in [-0.05, 0) is 18.2 Å². The lowest BCUT2D eigenvalue weighted by Crippen LogP contribution is -2.05. The molecule has 15 heavy (non-hydrogen) atoms. The van der Waals surface area contributed by atoms with Crippen molar-refractivity contribution in [2.45, 2.75) is 17.1 Å². The molecule has 4 heteroatoms. The fourth-order valence-corrected chi connectivity index (χ4v) is 2.22. The Morgan fingerprint density at radius 3 is 2.93 bits per heavy atom. The highest BCUT2D eigenvalue weighted by Crippen LogP contribution is 2.24. The van der Waals surface area contributed by atoms with Gasteiger partial charge in [0.25, 0.3) is 0 Å². The number of carbonyl (C=O) groups is 1. The summed E-state index contributed by atoms with van der Waals surface area (Å²) in [5.41, 5.74) is 0.324. The van der Waals surface area contributed by atoms with Gasteiger partial charge in [0.15, 0.2) is 0 Å². The molecule has 0 fully saturated rings. The number of thioether (sulfide) groups is 1. The van der Waals surface area contributed by atoms with Gasteiger partial charge in [-0.3, -0.25) is 0 Å². The molecule has 3 nitrogen and oxygen atoms in total. The van der Waals surface area contributed by atoms with Crippen LogP contribution in [-0.2, 0) is 4.74 Å². The Hall–Kier alpha value is -1.00. The molecule has 0 radical (unpaired) electrons. The topological polar surface area (TPSA) is 46.5 Å². The molecule has 0 spiro atoms. The normalized spacial score (nSPS) is 12.4. The number of aromatic carboxylic acids is 1. The highest BCUT2D eigenvalue weighted by atomic mass is 32.2. The molecule has 0 heterocycles. The predicted molar refractivity (Wildman–Crippen MR) is 60.6 cm³/mol. The minimum absolute atomic E-state index is 0.319. The van der Waals surface area contributed by atoms with E-state index in [1.807, 2.05) is 13.0 Å². The number of benzene rings is 1. The van der Waals surface area contributed by atoms with Crippen molar-refractivity contribution < 1.29 is 14.6 Å². The largest absolute Gasteiger partial charge is 0.478 e. The Bertz CT molecular complexity index is 338. The van der Waals surface area contributed by atoms with Crippen LogP contribution < -0.4 is 0 Å². The monoisotopic (exact) mass is 226 g/mol. The smallest absolute Gasteiger partial charge is 0.335 e. The number of rotatable bonds is 5. The molecule has 1 atom stereocenters. The van der Waals surface area contributed by atoms with E-state index < -0.39 is 5.97 Å². The third-order valence-electron chi connectivity index (χ3n) is 1.82. The first-order valence-corrected chi connectivity index (χ1v) is 5.50. The first-order valence-electron chi connectivity index (χ1n) is 4.62. The van der Waals surface area contributed by atoms with Crippen LogP contribution in [0.25, 0.3) is 0 Å². The molecule has 0 aromatic heterocycles. The standard InChI is InChI=1S/C11H14O3S/c1-8(7-14-2)15-10-5-3-4-9(6-10)11(12)13/h3-6,8H,7H2,1-2H3,(H,12,13). The second-order valence-electron chi connectivity index (χ2n) is 3.22. The molecule has 82 valence electrons. The van der Waals surface area contributed by atoms with Crippen LogP contribution >= 0.6 is 11.8 Å². The summed E-state index contributed by atoms with van der Waals surface area (Å²) in [5, 5.41) is 9.13. The number of carboxylic acids is 1. The summed E-state index contributed by atoms with van der Waals surface area (Å²) in [6.45, 7) is 2.70. The number of hydrogen-bond donors (Lipinski definition) is 1. The zero-order valence-corrected chi connectivity index (χ0v) is 9.58. The Balaban J connectivity index is 2.69. The molecule has 1 N–H and O–H groups in total. The van der Waals surface area contributed by atoms with Crippen LogP contribution in [0.2, 0.25) is 0 Å². The van der Waals surface area contributed by atoms with Crippen LogP contribution in [0.3, 0.4) is 0 Å². The zero-order valence-electron chi connectivity index (χ0n) is 8.77. The fourth-order valence-electron chi connectivity index (χ4n) is 1.20. The van der Waals surface area contributed by atoms with Crippen LogP contribution in [0.15, 0.2) is 29.2 Å². The van der Waals surface area contributed by atoms with Gasteiger partial charge in [-0.15, -0.1) is 11.8 Å². The summed E-state index contributed by atoms with van der Waals surface area (Å²) in [6, 6.07) is 6.93. The van der Waals surface area contributed by atoms with E-state index in [-0.39, 0.29) is 0 Å². The summed E-state index contributed by atoms with van der Waals surface area (Å²) in [6.07, 6.45) is 0. The number of methoxy groups -OCH3 is 1. The van der Waals surface area contributed by atoms with Crippen molar-refractivity contribution >= 4 is 17.7 Å². The Morgan fingerprint density at radius 2 is 2.33 bits per heavy atom. The van der Waals surface area contributed by atoms with E-state index in [0.29, 0.717) is 17.4 Å². The van der Waals surface area contributed by atoms with Gasteiger partial charge in [0.1, 0.15) is 0 Å². The van der Waals surface area contributed by atoms with E-state index in [4.69, 9.17) is 9.84 Å². The van der Waals surface area contributed by atoms with E-state index in [1.54, 1.807) is 37.1 Å². The molecule has 0 aliphatic rings. The summed E-state index contributed by atoms with van der Waals surface area (Å²) >= 11 is 1.61. The maximum Gasteiger partial charge on any atom is 0.335 e. The zero-order chi connectivity index (χ0) is 11.3. The van der Waals surface area contributed by atoms with Gasteiger partial charge < -0.3 is 9.84 Å². The van der Waals surface area contributed by atoms with Gasteiger partial charge in [-0.2, -0.15) is 0 Å². The molecule has 0 bridgehead atoms. The molecule has 1 rings (SSSR count). The Morgan fingerprint density at radius 1 is 1.60 bits per heavy atom. The summed E-state index contributed by atoms with van der Waals surface area (Å²) in [5.74, 6) is -0.892. The first kappa shape index (κ1) is 12.1. The van der Waals surface area contributed by atoms with Crippen molar-refractivity contribution in [3.8, 4) is 0 Å². The molecule has 1 aromatic carbocycles. The fraction of sp³-hybridized carbons (Fsp3) is 0.364. The van der Waals surface area contributed by atoms with Crippen molar-refractivity contribution in [1.82, 2.24) is 0 Å². The van der Waals surface area contributed by atoms with Crippen molar-refractivity contribution in [3.63, 3.8) is 0 Å². The van der Waals surface area contributed by atoms with E-state index in [9.17, 15) is 4.79 Å². The van der Waals surface area contributed by atoms with Crippen LogP contribution in [0, 0.1) is 0 Å². The summed E-state index contributed by atoms with van der Waals surface area (Å²) < 4.78 is 5.02. The molecule has 0 amide bonds. The van der Waals surface area contributed by atoms with Gasteiger partial charge >= 0.3 is 5.97 Å². The number of carboxylic acid groups (broad SMARTS) is 1. The van der Waals surface area contributed by atoms with Crippen molar-refractivity contribution in [3.05, 3.63) is 29.8 Å². The Kier molecular flexibility index (Phi) is 4.65. The van der Waals surface area contributed by atoms with Crippen LogP contribution in [0.5, 0.6) is 0 Å². The third kappa shape index (κ3) is 3.93. The van der Waals surface area contributed by atoms with Crippen LogP contribution in [0.1, 0.15) is 17.3 Å². The summed E-state index contributed by atoms with van der Waals surface area (Å²) in [7, 11) is 1.66. The molecule has 0 aliphatic heterocycles. The lowest BCUT2D eigenvalue weighted by molar-refractivity contribution is 0.0696. The molecule has 0 saturated carbocycles. The Labute approximate surface area is 93.4 Å². The summed E-state index contributed by atoms with van der Waals surface area (Å²) in [4.78, 5) is 11.7. The van der Waals surface area contributed by atoms with Crippen molar-refractivity contribution in [2.24, 2.45) is 0 Å². The molecule has 0 saturated heterocycles. The second-order valence-corrected chi connectivity index (χ2v) is 4.73. The number of ether oxygens (including phenoxy) is 1. The van der Waals surface area contributed by atoms with Gasteiger partial charge in [-0.25, -0.2) is 4.79 Å². The molecular formula is C11H14O3S. The maximum atomic E-state index is 10.7. The second kappa shape index (κ2) is 5.78. The lowest BCUT2D eigenvalue weighted by Gasteiger charge is -2.09. The third-order valence-corrected chi connectivity index (χ3v) is 2.88. The molecule has 0 aliphatic carbocycles. The first-order chi connectivity index (χ1) is 7.13. The van der Waals surface area contributed by atoms with E-state index >= 15 is 0 Å². The lowest BCUT2D eigenvalue weighted by atomic mass is 10.2. The van der Waals surface area contributed by atoms with Crippen LogP contribution in [0.4, 0.5) is 0 Å². The highest BCUT2D eigenvalue weighted by molar-refractivity contribution is 8.00. The molecular weight excluding hydrogens is 212 g/mol. The van der Waals surface area contributed by atoms with Crippen LogP contribution in [-0.4, -0.2) is 30.0 Å². The molecule has 1 aromatic rings. The minimum atomic E-state index is -0.892. The minimum Gasteiger partial charge on any atom is -0.478 e. The quantitative estimate of drug-likeness (QED) is 0.784. The average molecular weight is 226 g/mol. The van der Waals surface area contributed by atoms with E-state index in [0.717, 1.165) is 4.90 Å². The number of hydrogen-bond acceptors (Lipinski definition) is 3.